The van der Waals surface area contributed by atoms with Gasteiger partial charge in [0.2, 0.25) is 11.8 Å². The van der Waals surface area contributed by atoms with E-state index in [2.05, 4.69) is 12.1 Å². The van der Waals surface area contributed by atoms with Crippen LogP contribution in [0.1, 0.15) is 31.2 Å². The fourth-order valence-corrected chi connectivity index (χ4v) is 3.84. The second kappa shape index (κ2) is 11.2. The number of rotatable bonds is 8. The Balaban J connectivity index is 1.26. The van der Waals surface area contributed by atoms with Crippen LogP contribution in [0.3, 0.4) is 0 Å². The van der Waals surface area contributed by atoms with Crippen LogP contribution < -0.4 is 0 Å². The number of carbonyl (C=O) groups is 2. The average Bonchev–Trinajstić information content (AvgIpc) is 2.77. The standard InChI is InChI=1S/C22H32N2O4/c25-21(7-4-15-27-16-10-19-5-2-1-3-6-19)23-11-8-20(9-12-23)22(26)24-13-17-28-18-14-24/h1-3,5-6,20H,4,7-18H2. The van der Waals surface area contributed by atoms with Crippen LogP contribution in [-0.2, 0) is 25.5 Å². The van der Waals surface area contributed by atoms with Gasteiger partial charge >= 0.3 is 0 Å². The summed E-state index contributed by atoms with van der Waals surface area (Å²) in [7, 11) is 0. The molecule has 0 aliphatic carbocycles. The molecule has 1 aromatic rings. The Morgan fingerprint density at radius 3 is 2.39 bits per heavy atom. The molecule has 154 valence electrons. The number of ether oxygens (including phenoxy) is 2. The zero-order valence-electron chi connectivity index (χ0n) is 16.7. The summed E-state index contributed by atoms with van der Waals surface area (Å²) in [6.45, 7) is 5.35. The summed E-state index contributed by atoms with van der Waals surface area (Å²) in [6, 6.07) is 10.3. The molecule has 0 spiro atoms. The number of benzene rings is 1. The van der Waals surface area contributed by atoms with Gasteiger partial charge in [0.05, 0.1) is 19.8 Å². The lowest BCUT2D eigenvalue weighted by Crippen LogP contribution is -2.47. The molecule has 0 atom stereocenters. The molecule has 3 rings (SSSR count). The van der Waals surface area contributed by atoms with Gasteiger partial charge in [-0.1, -0.05) is 30.3 Å². The minimum Gasteiger partial charge on any atom is -0.381 e. The largest absolute Gasteiger partial charge is 0.381 e. The molecule has 0 bridgehead atoms. The number of hydrogen-bond acceptors (Lipinski definition) is 4. The van der Waals surface area contributed by atoms with Gasteiger partial charge in [0.15, 0.2) is 0 Å². The average molecular weight is 389 g/mol. The van der Waals surface area contributed by atoms with E-state index in [-0.39, 0.29) is 17.7 Å². The van der Waals surface area contributed by atoms with E-state index >= 15 is 0 Å². The summed E-state index contributed by atoms with van der Waals surface area (Å²) >= 11 is 0. The van der Waals surface area contributed by atoms with E-state index < -0.39 is 0 Å². The zero-order valence-corrected chi connectivity index (χ0v) is 16.7. The molecule has 0 N–H and O–H groups in total. The number of nitrogens with zero attached hydrogens (tertiary/aromatic N) is 2. The van der Waals surface area contributed by atoms with E-state index in [1.165, 1.54) is 5.56 Å². The monoisotopic (exact) mass is 388 g/mol. The Labute approximate surface area is 167 Å². The molecule has 6 nitrogen and oxygen atoms in total. The molecule has 0 radical (unpaired) electrons. The summed E-state index contributed by atoms with van der Waals surface area (Å²) in [6.07, 6.45) is 3.72. The zero-order chi connectivity index (χ0) is 19.6. The first kappa shape index (κ1) is 20.8. The van der Waals surface area contributed by atoms with Gasteiger partial charge in [-0.2, -0.15) is 0 Å². The molecule has 2 aliphatic rings. The summed E-state index contributed by atoms with van der Waals surface area (Å²) in [4.78, 5) is 28.8. The van der Waals surface area contributed by atoms with Crippen LogP contribution in [0.4, 0.5) is 0 Å². The van der Waals surface area contributed by atoms with Crippen molar-refractivity contribution in [1.29, 1.82) is 0 Å². The lowest BCUT2D eigenvalue weighted by molar-refractivity contribution is -0.143. The van der Waals surface area contributed by atoms with Crippen LogP contribution in [0.15, 0.2) is 30.3 Å². The topological polar surface area (TPSA) is 59.1 Å². The number of piperidine rings is 1. The van der Waals surface area contributed by atoms with Crippen molar-refractivity contribution in [2.24, 2.45) is 5.92 Å². The molecule has 0 aromatic heterocycles. The van der Waals surface area contributed by atoms with Crippen LogP contribution in [0.5, 0.6) is 0 Å². The van der Waals surface area contributed by atoms with Crippen molar-refractivity contribution in [3.8, 4) is 0 Å². The first-order chi connectivity index (χ1) is 13.7. The van der Waals surface area contributed by atoms with Gasteiger partial charge in [-0.15, -0.1) is 0 Å². The van der Waals surface area contributed by atoms with Gasteiger partial charge in [-0.3, -0.25) is 9.59 Å². The fourth-order valence-electron chi connectivity index (χ4n) is 3.84. The number of likely N-dealkylation sites (tertiary alicyclic amines) is 1. The Hall–Kier alpha value is -1.92. The van der Waals surface area contributed by atoms with E-state index in [1.54, 1.807) is 0 Å². The third-order valence-electron chi connectivity index (χ3n) is 5.58. The van der Waals surface area contributed by atoms with E-state index in [4.69, 9.17) is 9.47 Å². The quantitative estimate of drug-likeness (QED) is 0.640. The summed E-state index contributed by atoms with van der Waals surface area (Å²) in [5.41, 5.74) is 1.27. The lowest BCUT2D eigenvalue weighted by Gasteiger charge is -2.35. The Kier molecular flexibility index (Phi) is 8.30. The van der Waals surface area contributed by atoms with Crippen LogP contribution >= 0.6 is 0 Å². The Morgan fingerprint density at radius 1 is 0.964 bits per heavy atom. The Bertz CT molecular complexity index is 608. The van der Waals surface area contributed by atoms with Gasteiger partial charge in [0.1, 0.15) is 0 Å². The molecule has 28 heavy (non-hydrogen) atoms. The van der Waals surface area contributed by atoms with Crippen molar-refractivity contribution in [1.82, 2.24) is 9.80 Å². The second-order valence-corrected chi connectivity index (χ2v) is 7.54. The summed E-state index contributed by atoms with van der Waals surface area (Å²) in [5, 5.41) is 0. The minimum absolute atomic E-state index is 0.0588. The highest BCUT2D eigenvalue weighted by molar-refractivity contribution is 5.80. The molecule has 0 saturated carbocycles. The van der Waals surface area contributed by atoms with Gasteiger partial charge in [0, 0.05) is 45.1 Å². The van der Waals surface area contributed by atoms with Crippen LogP contribution in [-0.4, -0.2) is 74.2 Å². The lowest BCUT2D eigenvalue weighted by atomic mass is 9.95. The van der Waals surface area contributed by atoms with Crippen molar-refractivity contribution < 1.29 is 19.1 Å². The highest BCUT2D eigenvalue weighted by atomic mass is 16.5. The predicted octanol–water partition coefficient (Wildman–Crippen LogP) is 2.12. The molecule has 6 heteroatoms. The molecule has 2 amide bonds. The van der Waals surface area contributed by atoms with Crippen molar-refractivity contribution >= 4 is 11.8 Å². The normalized spacial score (nSPS) is 18.3. The van der Waals surface area contributed by atoms with Gasteiger partial charge < -0.3 is 19.3 Å². The van der Waals surface area contributed by atoms with E-state index in [0.717, 1.165) is 25.7 Å². The maximum atomic E-state index is 12.6. The highest BCUT2D eigenvalue weighted by Crippen LogP contribution is 2.21. The van der Waals surface area contributed by atoms with Crippen molar-refractivity contribution in [3.05, 3.63) is 35.9 Å². The maximum Gasteiger partial charge on any atom is 0.225 e. The molecular weight excluding hydrogens is 356 g/mol. The molecule has 2 saturated heterocycles. The molecule has 2 fully saturated rings. The number of morpholine rings is 1. The van der Waals surface area contributed by atoms with E-state index in [9.17, 15) is 9.59 Å². The van der Waals surface area contributed by atoms with Crippen LogP contribution in [0, 0.1) is 5.92 Å². The molecule has 2 heterocycles. The summed E-state index contributed by atoms with van der Waals surface area (Å²) < 4.78 is 11.0. The number of carbonyl (C=O) groups excluding carboxylic acids is 2. The van der Waals surface area contributed by atoms with Crippen molar-refractivity contribution in [3.63, 3.8) is 0 Å². The molecule has 0 unspecified atom stereocenters. The van der Waals surface area contributed by atoms with Crippen LogP contribution in [0.2, 0.25) is 0 Å². The van der Waals surface area contributed by atoms with Gasteiger partial charge in [-0.25, -0.2) is 0 Å². The molecule has 2 aliphatic heterocycles. The summed E-state index contributed by atoms with van der Waals surface area (Å²) in [5.74, 6) is 0.481. The second-order valence-electron chi connectivity index (χ2n) is 7.54. The highest BCUT2D eigenvalue weighted by Gasteiger charge is 2.30. The first-order valence-corrected chi connectivity index (χ1v) is 10.5. The van der Waals surface area contributed by atoms with E-state index in [0.29, 0.717) is 59.0 Å². The molecule has 1 aromatic carbocycles. The third kappa shape index (κ3) is 6.31. The first-order valence-electron chi connectivity index (χ1n) is 10.5. The van der Waals surface area contributed by atoms with Crippen molar-refractivity contribution in [2.45, 2.75) is 32.1 Å². The maximum absolute atomic E-state index is 12.6. The minimum atomic E-state index is 0.0588. The number of hydrogen-bond donors (Lipinski definition) is 0. The van der Waals surface area contributed by atoms with Crippen LogP contribution in [0.25, 0.3) is 0 Å². The predicted molar refractivity (Wildman–Crippen MR) is 107 cm³/mol. The third-order valence-corrected chi connectivity index (χ3v) is 5.58. The fraction of sp³-hybridized carbons (Fsp3) is 0.636. The van der Waals surface area contributed by atoms with Crippen molar-refractivity contribution in [2.75, 3.05) is 52.6 Å². The van der Waals surface area contributed by atoms with E-state index in [1.807, 2.05) is 28.0 Å². The molecular formula is C22H32N2O4. The van der Waals surface area contributed by atoms with Gasteiger partial charge in [-0.05, 0) is 31.2 Å². The Morgan fingerprint density at radius 2 is 1.68 bits per heavy atom. The smallest absolute Gasteiger partial charge is 0.225 e. The number of amides is 2. The SMILES string of the molecule is O=C(CCCOCCc1ccccc1)N1CCC(C(=O)N2CCOCC2)CC1. The van der Waals surface area contributed by atoms with Gasteiger partial charge in [0.25, 0.3) is 0 Å².